The molecule has 2 fully saturated rings. The van der Waals surface area contributed by atoms with Gasteiger partial charge >= 0.3 is 12.1 Å². The van der Waals surface area contributed by atoms with Crippen LogP contribution in [0.1, 0.15) is 103 Å². The van der Waals surface area contributed by atoms with Crippen molar-refractivity contribution in [3.8, 4) is 0 Å². The molecule has 2 aliphatic heterocycles. The Bertz CT molecular complexity index is 2010. The number of nitrogens with two attached hydrogens (primary N) is 2. The van der Waals surface area contributed by atoms with Gasteiger partial charge in [0.25, 0.3) is 0 Å². The van der Waals surface area contributed by atoms with Crippen LogP contribution in [0.4, 0.5) is 21.0 Å². The van der Waals surface area contributed by atoms with E-state index in [4.69, 9.17) is 21.4 Å². The van der Waals surface area contributed by atoms with Crippen molar-refractivity contribution >= 4 is 57.3 Å². The number of amides is 6. The molecule has 0 aliphatic carbocycles. The van der Waals surface area contributed by atoms with Gasteiger partial charge in [0.2, 0.25) is 11.8 Å². The highest BCUT2D eigenvalue weighted by molar-refractivity contribution is 5.93. The van der Waals surface area contributed by atoms with Gasteiger partial charge in [0.1, 0.15) is 0 Å². The molecule has 8 N–H and O–H groups in total. The predicted octanol–water partition coefficient (Wildman–Crippen LogP) is 3.99. The summed E-state index contributed by atoms with van der Waals surface area (Å²) in [4.78, 5) is 64.1. The number of nitrogens with zero attached hydrogens (tertiary/aromatic N) is 8. The van der Waals surface area contributed by atoms with Crippen molar-refractivity contribution in [2.75, 3.05) is 36.8 Å². The van der Waals surface area contributed by atoms with Gasteiger partial charge in [-0.1, -0.05) is 27.7 Å². The summed E-state index contributed by atoms with van der Waals surface area (Å²) in [6.07, 6.45) is 8.19. The largest absolute Gasteiger partial charge is 0.381 e. The van der Waals surface area contributed by atoms with Gasteiger partial charge in [-0.05, 0) is 57.8 Å². The molecule has 0 atom stereocenters. The third-order valence-electron chi connectivity index (χ3n) is 11.7. The second kappa shape index (κ2) is 18.5. The molecule has 59 heavy (non-hydrogen) atoms. The van der Waals surface area contributed by atoms with Crippen LogP contribution in [0.5, 0.6) is 0 Å². The number of urea groups is 2. The molecule has 0 radical (unpaired) electrons. The van der Waals surface area contributed by atoms with Gasteiger partial charge in [0.15, 0.2) is 11.3 Å². The zero-order valence-corrected chi connectivity index (χ0v) is 35.5. The van der Waals surface area contributed by atoms with E-state index in [0.717, 1.165) is 81.6 Å². The summed E-state index contributed by atoms with van der Waals surface area (Å²) in [5.41, 5.74) is 17.4. The summed E-state index contributed by atoms with van der Waals surface area (Å²) in [5.74, 6) is -0.334. The summed E-state index contributed by atoms with van der Waals surface area (Å²) in [5, 5.41) is 24.7. The van der Waals surface area contributed by atoms with Gasteiger partial charge in [-0.25, -0.2) is 28.9 Å². The van der Waals surface area contributed by atoms with Crippen molar-refractivity contribution in [2.24, 2.45) is 16.9 Å². The lowest BCUT2D eigenvalue weighted by Crippen LogP contribution is -2.44. The van der Waals surface area contributed by atoms with E-state index in [-0.39, 0.29) is 49.8 Å². The Morgan fingerprint density at radius 2 is 1.03 bits per heavy atom. The number of primary amides is 2. The molecule has 4 aromatic heterocycles. The molecule has 6 heterocycles. The van der Waals surface area contributed by atoms with Crippen molar-refractivity contribution in [1.29, 1.82) is 0 Å². The number of hydrogen-bond acceptors (Lipinski definition) is 10. The fraction of sp³-hybridized carbons (Fsp3) is 0.610. The third kappa shape index (κ3) is 9.79. The van der Waals surface area contributed by atoms with E-state index >= 15 is 0 Å². The van der Waals surface area contributed by atoms with Crippen LogP contribution in [0.15, 0.2) is 12.4 Å². The van der Waals surface area contributed by atoms with Crippen molar-refractivity contribution in [2.45, 2.75) is 131 Å². The summed E-state index contributed by atoms with van der Waals surface area (Å²) in [6.45, 7) is 16.1. The van der Waals surface area contributed by atoms with Crippen LogP contribution in [0.2, 0.25) is 0 Å². The third-order valence-corrected chi connectivity index (χ3v) is 11.7. The molecule has 2 aliphatic rings. The maximum atomic E-state index is 13.6. The fourth-order valence-corrected chi connectivity index (χ4v) is 8.44. The number of carbonyl (C=O) groups is 4. The minimum atomic E-state index is -0.644. The Hall–Kier alpha value is -5.68. The zero-order valence-electron chi connectivity index (χ0n) is 35.5. The summed E-state index contributed by atoms with van der Waals surface area (Å²) < 4.78 is 3.75. The maximum absolute atomic E-state index is 13.6. The number of anilines is 2. The maximum Gasteiger partial charge on any atom is 0.314 e. The number of rotatable bonds is 16. The van der Waals surface area contributed by atoms with Gasteiger partial charge < -0.3 is 42.5 Å². The van der Waals surface area contributed by atoms with Crippen LogP contribution in [0.3, 0.4) is 0 Å². The standard InChI is InChI=1S/C41H62N14O4/c1-7-31-27(35(29-23-46-54(9-3)37(29)50-31)48-25-11-15-52(16-12-25)39(42)58)21-44-33(56)19-41(5,6)20-34(57)45-22-28-32(8-2)51-38-30(24-47-55(38)10-4)36(28)49-26-13-17-53(18-14-26)40(43)59/h23-26H,7-22H2,1-6H3,(H2,42,58)(H2,43,59)(H,44,56)(H,45,57)(H,48,50)(H,49,51). The number of piperidine rings is 2. The van der Waals surface area contributed by atoms with E-state index in [1.165, 1.54) is 0 Å². The lowest BCUT2D eigenvalue weighted by molar-refractivity contribution is -0.126. The zero-order chi connectivity index (χ0) is 42.4. The molecule has 0 spiro atoms. The normalized spacial score (nSPS) is 15.5. The van der Waals surface area contributed by atoms with Crippen molar-refractivity contribution < 1.29 is 19.2 Å². The molecule has 0 aromatic carbocycles. The Labute approximate surface area is 345 Å². The molecule has 0 unspecified atom stereocenters. The van der Waals surface area contributed by atoms with Crippen LogP contribution in [0, 0.1) is 5.41 Å². The van der Waals surface area contributed by atoms with Crippen LogP contribution < -0.4 is 32.7 Å². The topological polar surface area (TPSA) is 236 Å². The number of hydrogen-bond donors (Lipinski definition) is 6. The summed E-state index contributed by atoms with van der Waals surface area (Å²) >= 11 is 0. The van der Waals surface area contributed by atoms with E-state index in [1.807, 2.05) is 63.3 Å². The monoisotopic (exact) mass is 815 g/mol. The first kappa shape index (κ1) is 42.9. The number of likely N-dealkylation sites (tertiary alicyclic amines) is 2. The molecule has 4 aromatic rings. The van der Waals surface area contributed by atoms with E-state index in [1.54, 1.807) is 9.80 Å². The molecule has 0 bridgehead atoms. The SMILES string of the molecule is CCc1nc2c(cnn2CC)c(NC2CCN(C(N)=O)CC2)c1CNC(=O)CC(C)(C)CC(=O)NCc1c(CC)nc2c(cnn2CC)c1NC1CCN(C(N)=O)CC1. The van der Waals surface area contributed by atoms with Crippen LogP contribution in [0.25, 0.3) is 22.1 Å². The average Bonchev–Trinajstić information content (AvgIpc) is 3.83. The lowest BCUT2D eigenvalue weighted by atomic mass is 9.85. The molecule has 6 rings (SSSR count). The molecular weight excluding hydrogens is 753 g/mol. The van der Waals surface area contributed by atoms with Gasteiger partial charge in [0.05, 0.1) is 34.5 Å². The number of aromatic nitrogens is 6. The Balaban J connectivity index is 1.12. The molecule has 18 nitrogen and oxygen atoms in total. The number of pyridine rings is 2. The van der Waals surface area contributed by atoms with Gasteiger partial charge in [-0.3, -0.25) is 9.59 Å². The van der Waals surface area contributed by atoms with Crippen LogP contribution in [-0.2, 0) is 48.6 Å². The van der Waals surface area contributed by atoms with E-state index in [9.17, 15) is 19.2 Å². The van der Waals surface area contributed by atoms with Gasteiger partial charge in [0, 0.05) is 99.8 Å². The molecular formula is C41H62N14O4. The summed E-state index contributed by atoms with van der Waals surface area (Å²) in [7, 11) is 0. The first-order chi connectivity index (χ1) is 28.2. The number of fused-ring (bicyclic) bond motifs is 2. The highest BCUT2D eigenvalue weighted by atomic mass is 16.2. The molecule has 18 heteroatoms. The van der Waals surface area contributed by atoms with Gasteiger partial charge in [-0.15, -0.1) is 0 Å². The minimum absolute atomic E-state index is 0.103. The van der Waals surface area contributed by atoms with Crippen molar-refractivity contribution in [1.82, 2.24) is 50.0 Å². The van der Waals surface area contributed by atoms with Crippen LogP contribution >= 0.6 is 0 Å². The smallest absolute Gasteiger partial charge is 0.314 e. The Morgan fingerprint density at radius 3 is 1.36 bits per heavy atom. The first-order valence-corrected chi connectivity index (χ1v) is 21.1. The molecule has 2 saturated heterocycles. The summed E-state index contributed by atoms with van der Waals surface area (Å²) in [6, 6.07) is -0.608. The number of aryl methyl sites for hydroxylation is 4. The Morgan fingerprint density at radius 1 is 0.661 bits per heavy atom. The van der Waals surface area contributed by atoms with Gasteiger partial charge in [-0.2, -0.15) is 10.2 Å². The molecule has 6 amide bonds. The highest BCUT2D eigenvalue weighted by Crippen LogP contribution is 2.34. The molecule has 0 saturated carbocycles. The fourth-order valence-electron chi connectivity index (χ4n) is 8.44. The predicted molar refractivity (Wildman–Crippen MR) is 227 cm³/mol. The van der Waals surface area contributed by atoms with Crippen LogP contribution in [-0.4, -0.2) is 101 Å². The second-order valence-electron chi connectivity index (χ2n) is 16.5. The van der Waals surface area contributed by atoms with E-state index in [0.29, 0.717) is 52.1 Å². The first-order valence-electron chi connectivity index (χ1n) is 21.1. The highest BCUT2D eigenvalue weighted by Gasteiger charge is 2.29. The minimum Gasteiger partial charge on any atom is -0.381 e. The lowest BCUT2D eigenvalue weighted by Gasteiger charge is -2.32. The Kier molecular flexibility index (Phi) is 13.5. The second-order valence-corrected chi connectivity index (χ2v) is 16.5. The molecule has 320 valence electrons. The average molecular weight is 815 g/mol. The van der Waals surface area contributed by atoms with E-state index < -0.39 is 17.5 Å². The number of carbonyl (C=O) groups excluding carboxylic acids is 4. The number of nitrogens with one attached hydrogen (secondary N) is 4. The quantitative estimate of drug-likeness (QED) is 0.0952. The van der Waals surface area contributed by atoms with Crippen molar-refractivity contribution in [3.63, 3.8) is 0 Å². The van der Waals surface area contributed by atoms with E-state index in [2.05, 4.69) is 31.5 Å². The van der Waals surface area contributed by atoms with Crippen molar-refractivity contribution in [3.05, 3.63) is 34.9 Å².